The third kappa shape index (κ3) is 3.01. The first-order valence-electron chi connectivity index (χ1n) is 9.18. The number of hydrogen-bond donors (Lipinski definition) is 1. The molecular weight excluding hydrogens is 410 g/mol. The van der Waals surface area contributed by atoms with E-state index in [0.29, 0.717) is 17.3 Å². The standard InChI is InChI=1S/C19H19N5OS3/c1-9-10(2)27-18-14(9)17(25)20-15(21-18)11(3)28-19-23-22-16(13-5-4-8-26-13)24(19)12-6-7-12/h4-5,8,11-12H,6-7H2,1-3H3,(H,20,21,25)/t11-/m1/s1. The number of nitrogens with zero attached hydrogens (tertiary/aromatic N) is 4. The molecule has 0 unspecified atom stereocenters. The van der Waals surface area contributed by atoms with E-state index in [0.717, 1.165) is 44.0 Å². The van der Waals surface area contributed by atoms with Gasteiger partial charge in [-0.2, -0.15) is 0 Å². The molecule has 0 saturated heterocycles. The Hall–Kier alpha value is -1.97. The summed E-state index contributed by atoms with van der Waals surface area (Å²) in [7, 11) is 0. The van der Waals surface area contributed by atoms with Gasteiger partial charge in [0.15, 0.2) is 11.0 Å². The van der Waals surface area contributed by atoms with Crippen molar-refractivity contribution in [2.45, 2.75) is 50.1 Å². The quantitative estimate of drug-likeness (QED) is 0.446. The molecule has 1 N–H and O–H groups in total. The van der Waals surface area contributed by atoms with Gasteiger partial charge in [0.2, 0.25) is 0 Å². The highest BCUT2D eigenvalue weighted by Gasteiger charge is 2.31. The lowest BCUT2D eigenvalue weighted by atomic mass is 10.2. The zero-order valence-electron chi connectivity index (χ0n) is 15.7. The molecule has 1 aliphatic carbocycles. The molecule has 4 heterocycles. The average Bonchev–Trinajstić information content (AvgIpc) is 3.07. The molecule has 1 aliphatic rings. The van der Waals surface area contributed by atoms with Gasteiger partial charge < -0.3 is 4.98 Å². The summed E-state index contributed by atoms with van der Waals surface area (Å²) >= 11 is 4.86. The molecule has 1 atom stereocenters. The van der Waals surface area contributed by atoms with Crippen LogP contribution in [-0.2, 0) is 0 Å². The van der Waals surface area contributed by atoms with Gasteiger partial charge in [0.1, 0.15) is 10.7 Å². The summed E-state index contributed by atoms with van der Waals surface area (Å²) in [6.45, 7) is 6.06. The molecule has 1 fully saturated rings. The van der Waals surface area contributed by atoms with Crippen LogP contribution >= 0.6 is 34.4 Å². The van der Waals surface area contributed by atoms with Gasteiger partial charge >= 0.3 is 0 Å². The van der Waals surface area contributed by atoms with Gasteiger partial charge in [-0.3, -0.25) is 9.36 Å². The Labute approximate surface area is 174 Å². The molecule has 0 radical (unpaired) electrons. The fourth-order valence-electron chi connectivity index (χ4n) is 3.27. The Bertz CT molecular complexity index is 1220. The minimum atomic E-state index is -0.0581. The zero-order chi connectivity index (χ0) is 19.4. The number of aromatic nitrogens is 5. The number of rotatable bonds is 5. The Morgan fingerprint density at radius 3 is 2.86 bits per heavy atom. The van der Waals surface area contributed by atoms with Crippen molar-refractivity contribution in [2.24, 2.45) is 0 Å². The highest BCUT2D eigenvalue weighted by atomic mass is 32.2. The maximum absolute atomic E-state index is 12.6. The van der Waals surface area contributed by atoms with Crippen LogP contribution in [0.1, 0.15) is 47.3 Å². The van der Waals surface area contributed by atoms with Gasteiger partial charge in [-0.1, -0.05) is 17.8 Å². The molecule has 9 heteroatoms. The fraction of sp³-hybridized carbons (Fsp3) is 0.368. The maximum Gasteiger partial charge on any atom is 0.259 e. The predicted molar refractivity (Wildman–Crippen MR) is 116 cm³/mol. The number of thiophene rings is 2. The number of thioether (sulfide) groups is 1. The Kier molecular flexibility index (Phi) is 4.41. The van der Waals surface area contributed by atoms with E-state index >= 15 is 0 Å². The number of H-pyrrole nitrogens is 1. The van der Waals surface area contributed by atoms with Crippen molar-refractivity contribution in [1.82, 2.24) is 24.7 Å². The highest BCUT2D eigenvalue weighted by Crippen LogP contribution is 2.44. The maximum atomic E-state index is 12.6. The van der Waals surface area contributed by atoms with E-state index in [4.69, 9.17) is 4.98 Å². The largest absolute Gasteiger partial charge is 0.309 e. The van der Waals surface area contributed by atoms with Crippen LogP contribution in [0.4, 0.5) is 0 Å². The van der Waals surface area contributed by atoms with Crippen LogP contribution in [0.25, 0.3) is 20.9 Å². The van der Waals surface area contributed by atoms with Crippen LogP contribution < -0.4 is 5.56 Å². The lowest BCUT2D eigenvalue weighted by Gasteiger charge is -2.12. The van der Waals surface area contributed by atoms with E-state index in [1.807, 2.05) is 19.9 Å². The lowest BCUT2D eigenvalue weighted by molar-refractivity contribution is 0.668. The first-order valence-corrected chi connectivity index (χ1v) is 11.8. The van der Waals surface area contributed by atoms with E-state index in [9.17, 15) is 4.79 Å². The summed E-state index contributed by atoms with van der Waals surface area (Å²) in [4.78, 5) is 23.4. The van der Waals surface area contributed by atoms with E-state index in [2.05, 4.69) is 38.1 Å². The molecule has 4 aromatic heterocycles. The second kappa shape index (κ2) is 6.82. The van der Waals surface area contributed by atoms with Gasteiger partial charge in [-0.05, 0) is 50.6 Å². The molecule has 0 aromatic carbocycles. The smallest absolute Gasteiger partial charge is 0.259 e. The van der Waals surface area contributed by atoms with Gasteiger partial charge in [0.25, 0.3) is 5.56 Å². The van der Waals surface area contributed by atoms with Gasteiger partial charge in [-0.15, -0.1) is 32.9 Å². The Morgan fingerprint density at radius 2 is 2.14 bits per heavy atom. The van der Waals surface area contributed by atoms with Crippen LogP contribution in [0, 0.1) is 13.8 Å². The molecule has 4 aromatic rings. The molecular formula is C19H19N5OS3. The number of aryl methyl sites for hydroxylation is 2. The molecule has 0 spiro atoms. The van der Waals surface area contributed by atoms with Crippen LogP contribution in [0.15, 0.2) is 27.5 Å². The highest BCUT2D eigenvalue weighted by molar-refractivity contribution is 7.99. The molecule has 6 nitrogen and oxygen atoms in total. The average molecular weight is 430 g/mol. The van der Waals surface area contributed by atoms with Gasteiger partial charge in [0.05, 0.1) is 15.5 Å². The van der Waals surface area contributed by atoms with Crippen molar-refractivity contribution in [3.8, 4) is 10.7 Å². The van der Waals surface area contributed by atoms with Crippen molar-refractivity contribution >= 4 is 44.7 Å². The summed E-state index contributed by atoms with van der Waals surface area (Å²) in [5, 5.41) is 12.6. The first kappa shape index (κ1) is 18.1. The normalized spacial score (nSPS) is 15.4. The third-order valence-corrected chi connectivity index (χ3v) is 8.08. The molecule has 144 valence electrons. The lowest BCUT2D eigenvalue weighted by Crippen LogP contribution is -2.12. The van der Waals surface area contributed by atoms with E-state index in [1.54, 1.807) is 34.4 Å². The van der Waals surface area contributed by atoms with E-state index in [-0.39, 0.29) is 10.8 Å². The SMILES string of the molecule is Cc1sc2nc([C@@H](C)Sc3nnc(-c4cccs4)n3C3CC3)[nH]c(=O)c2c1C. The molecule has 0 aliphatic heterocycles. The minimum absolute atomic E-state index is 0.0299. The number of hydrogen-bond acceptors (Lipinski definition) is 7. The summed E-state index contributed by atoms with van der Waals surface area (Å²) in [5.74, 6) is 1.63. The summed E-state index contributed by atoms with van der Waals surface area (Å²) in [5.41, 5.74) is 0.965. The first-order chi connectivity index (χ1) is 13.5. The van der Waals surface area contributed by atoms with E-state index in [1.165, 1.54) is 0 Å². The van der Waals surface area contributed by atoms with Crippen molar-refractivity contribution < 1.29 is 0 Å². The van der Waals surface area contributed by atoms with Gasteiger partial charge in [-0.25, -0.2) is 4.98 Å². The monoisotopic (exact) mass is 429 g/mol. The van der Waals surface area contributed by atoms with Gasteiger partial charge in [0, 0.05) is 10.9 Å². The Morgan fingerprint density at radius 1 is 1.32 bits per heavy atom. The molecule has 5 rings (SSSR count). The fourth-order valence-corrected chi connectivity index (χ4v) is 5.99. The zero-order valence-corrected chi connectivity index (χ0v) is 18.2. The summed E-state index contributed by atoms with van der Waals surface area (Å²) < 4.78 is 2.25. The molecule has 0 bridgehead atoms. The summed E-state index contributed by atoms with van der Waals surface area (Å²) in [6, 6.07) is 4.59. The molecule has 28 heavy (non-hydrogen) atoms. The minimum Gasteiger partial charge on any atom is -0.309 e. The number of fused-ring (bicyclic) bond motifs is 1. The van der Waals surface area contributed by atoms with Crippen LogP contribution in [0.2, 0.25) is 0 Å². The van der Waals surface area contributed by atoms with Crippen LogP contribution in [0.3, 0.4) is 0 Å². The van der Waals surface area contributed by atoms with Crippen LogP contribution in [0.5, 0.6) is 0 Å². The number of aromatic amines is 1. The predicted octanol–water partition coefficient (Wildman–Crippen LogP) is 5.11. The van der Waals surface area contributed by atoms with Crippen molar-refractivity contribution in [2.75, 3.05) is 0 Å². The van der Waals surface area contributed by atoms with Crippen molar-refractivity contribution in [3.63, 3.8) is 0 Å². The molecule has 0 amide bonds. The number of nitrogens with one attached hydrogen (secondary N) is 1. The second-order valence-corrected chi connectivity index (χ2v) is 10.5. The van der Waals surface area contributed by atoms with Crippen LogP contribution in [-0.4, -0.2) is 24.7 Å². The van der Waals surface area contributed by atoms with Crippen molar-refractivity contribution in [3.05, 3.63) is 44.1 Å². The second-order valence-electron chi connectivity index (χ2n) is 7.06. The van der Waals surface area contributed by atoms with E-state index < -0.39 is 0 Å². The summed E-state index contributed by atoms with van der Waals surface area (Å²) in [6.07, 6.45) is 2.32. The topological polar surface area (TPSA) is 76.5 Å². The van der Waals surface area contributed by atoms with Crippen molar-refractivity contribution in [1.29, 1.82) is 0 Å². The molecule has 1 saturated carbocycles. The third-order valence-electron chi connectivity index (χ3n) is 5.04. The Balaban J connectivity index is 1.50.